The average molecular weight is 516 g/mol. The molecule has 5 unspecified atom stereocenters. The number of halogens is 1. The van der Waals surface area contributed by atoms with Gasteiger partial charge in [0.05, 0.1) is 6.61 Å². The summed E-state index contributed by atoms with van der Waals surface area (Å²) in [4.78, 5) is 23.3. The SMILES string of the molecule is Nc1ncnc2c1nc(Sc1ccc(Br)cc1)n2C1OC2COP(=O)(O)OC2C1O. The molecule has 0 bridgehead atoms. The lowest BCUT2D eigenvalue weighted by Gasteiger charge is -2.27. The van der Waals surface area contributed by atoms with E-state index in [1.165, 1.54) is 18.1 Å². The number of rotatable bonds is 3. The summed E-state index contributed by atoms with van der Waals surface area (Å²) < 4.78 is 30.1. The van der Waals surface area contributed by atoms with Crippen molar-refractivity contribution in [1.29, 1.82) is 0 Å². The second kappa shape index (κ2) is 7.53. The predicted octanol–water partition coefficient (Wildman–Crippen LogP) is 2.10. The van der Waals surface area contributed by atoms with E-state index in [4.69, 9.17) is 19.5 Å². The molecule has 2 fully saturated rings. The molecule has 0 radical (unpaired) electrons. The summed E-state index contributed by atoms with van der Waals surface area (Å²) in [6.45, 7) is -0.190. The van der Waals surface area contributed by atoms with Crippen molar-refractivity contribution in [2.24, 2.45) is 0 Å². The molecule has 2 aliphatic heterocycles. The Kier molecular flexibility index (Phi) is 5.11. The maximum Gasteiger partial charge on any atom is 0.472 e. The second-order valence-electron chi connectivity index (χ2n) is 6.64. The largest absolute Gasteiger partial charge is 0.472 e. The lowest BCUT2D eigenvalue weighted by molar-refractivity contribution is -0.0684. The van der Waals surface area contributed by atoms with Crippen LogP contribution in [0.1, 0.15) is 6.23 Å². The number of hydrogen-bond acceptors (Lipinski definition) is 10. The zero-order valence-corrected chi connectivity index (χ0v) is 18.3. The Bertz CT molecular complexity index is 1160. The number of anilines is 1. The van der Waals surface area contributed by atoms with Crippen molar-refractivity contribution in [1.82, 2.24) is 19.5 Å². The number of aromatic nitrogens is 4. The first-order valence-electron chi connectivity index (χ1n) is 8.73. The molecule has 1 aromatic carbocycles. The molecule has 0 spiro atoms. The van der Waals surface area contributed by atoms with E-state index in [0.29, 0.717) is 16.3 Å². The normalized spacial score (nSPS) is 31.2. The number of nitrogens with zero attached hydrogens (tertiary/aromatic N) is 4. The molecule has 2 saturated heterocycles. The Morgan fingerprint density at radius 3 is 2.83 bits per heavy atom. The van der Waals surface area contributed by atoms with Crippen molar-refractivity contribution in [3.05, 3.63) is 35.1 Å². The van der Waals surface area contributed by atoms with Crippen LogP contribution in [0.2, 0.25) is 0 Å². The first kappa shape index (κ1) is 20.3. The molecule has 2 aliphatic rings. The van der Waals surface area contributed by atoms with Crippen LogP contribution < -0.4 is 5.73 Å². The van der Waals surface area contributed by atoms with Crippen LogP contribution in [0.15, 0.2) is 45.1 Å². The van der Waals surface area contributed by atoms with Gasteiger partial charge in [-0.25, -0.2) is 19.5 Å². The van der Waals surface area contributed by atoms with Gasteiger partial charge >= 0.3 is 7.82 Å². The van der Waals surface area contributed by atoms with Crippen LogP contribution in [0, 0.1) is 0 Å². The molecule has 5 rings (SSSR count). The van der Waals surface area contributed by atoms with Gasteiger partial charge in [-0.15, -0.1) is 0 Å². The zero-order chi connectivity index (χ0) is 21.0. The van der Waals surface area contributed by atoms with Crippen LogP contribution in [0.3, 0.4) is 0 Å². The van der Waals surface area contributed by atoms with E-state index in [0.717, 1.165) is 9.37 Å². The predicted molar refractivity (Wildman–Crippen MR) is 109 cm³/mol. The summed E-state index contributed by atoms with van der Waals surface area (Å²) in [7, 11) is -4.24. The third-order valence-electron chi connectivity index (χ3n) is 4.72. The minimum atomic E-state index is -4.24. The van der Waals surface area contributed by atoms with E-state index in [1.54, 1.807) is 4.57 Å². The summed E-state index contributed by atoms with van der Waals surface area (Å²) >= 11 is 4.72. The van der Waals surface area contributed by atoms with Gasteiger partial charge < -0.3 is 20.5 Å². The molecule has 4 heterocycles. The molecule has 0 aliphatic carbocycles. The summed E-state index contributed by atoms with van der Waals surface area (Å²) in [5.41, 5.74) is 6.69. The molecule has 30 heavy (non-hydrogen) atoms. The number of ether oxygens (including phenoxy) is 1. The molecule has 0 saturated carbocycles. The van der Waals surface area contributed by atoms with E-state index >= 15 is 0 Å². The molecule has 5 atom stereocenters. The van der Waals surface area contributed by atoms with E-state index in [9.17, 15) is 14.6 Å². The monoisotopic (exact) mass is 515 g/mol. The highest BCUT2D eigenvalue weighted by molar-refractivity contribution is 9.10. The van der Waals surface area contributed by atoms with Gasteiger partial charge in [-0.05, 0) is 24.3 Å². The van der Waals surface area contributed by atoms with Crippen LogP contribution in [0.4, 0.5) is 5.82 Å². The third-order valence-corrected chi connectivity index (χ3v) is 7.21. The van der Waals surface area contributed by atoms with Gasteiger partial charge in [-0.3, -0.25) is 13.6 Å². The molecular weight excluding hydrogens is 501 g/mol. The second-order valence-corrected chi connectivity index (χ2v) is 10.0. The zero-order valence-electron chi connectivity index (χ0n) is 15.0. The van der Waals surface area contributed by atoms with Gasteiger partial charge in [0.2, 0.25) is 0 Å². The summed E-state index contributed by atoms with van der Waals surface area (Å²) in [5.74, 6) is 0.181. The number of phosphoric acid groups is 1. The number of imidazole rings is 1. The Balaban J connectivity index is 1.58. The van der Waals surface area contributed by atoms with Crippen LogP contribution in [0.5, 0.6) is 0 Å². The van der Waals surface area contributed by atoms with E-state index in [2.05, 4.69) is 30.9 Å². The third kappa shape index (κ3) is 3.55. The van der Waals surface area contributed by atoms with Gasteiger partial charge in [-0.1, -0.05) is 27.7 Å². The fraction of sp³-hybridized carbons (Fsp3) is 0.312. The van der Waals surface area contributed by atoms with Gasteiger partial charge in [0.15, 0.2) is 28.4 Å². The number of nitrogens with two attached hydrogens (primary N) is 1. The highest BCUT2D eigenvalue weighted by Gasteiger charge is 2.53. The molecule has 4 N–H and O–H groups in total. The first-order valence-corrected chi connectivity index (χ1v) is 11.8. The van der Waals surface area contributed by atoms with Crippen molar-refractivity contribution in [2.45, 2.75) is 34.6 Å². The average Bonchev–Trinajstić information content (AvgIpc) is 3.21. The molecule has 11 nitrogen and oxygen atoms in total. The topological polar surface area (TPSA) is 155 Å². The molecule has 14 heteroatoms. The van der Waals surface area contributed by atoms with Crippen molar-refractivity contribution in [2.75, 3.05) is 12.3 Å². The van der Waals surface area contributed by atoms with Crippen molar-refractivity contribution in [3.63, 3.8) is 0 Å². The molecular formula is C16H15BrN5O6PS. The minimum Gasteiger partial charge on any atom is -0.386 e. The standard InChI is InChI=1S/C16H15BrN5O6PS/c17-7-1-3-8(4-2-7)30-16-21-10-13(18)19-6-20-14(10)22(16)15-11(23)12-9(27-15)5-26-29(24,25)28-12/h1-4,6,9,11-12,15,23H,5H2,(H,24,25)(H2,18,19,20). The lowest BCUT2D eigenvalue weighted by Crippen LogP contribution is -2.39. The maximum absolute atomic E-state index is 11.8. The maximum atomic E-state index is 11.8. The molecule has 0 amide bonds. The summed E-state index contributed by atoms with van der Waals surface area (Å²) in [5, 5.41) is 11.3. The van der Waals surface area contributed by atoms with Gasteiger partial charge in [0.25, 0.3) is 0 Å². The minimum absolute atomic E-state index is 0.181. The van der Waals surface area contributed by atoms with Gasteiger partial charge in [0.1, 0.15) is 24.6 Å². The Morgan fingerprint density at radius 1 is 1.30 bits per heavy atom. The van der Waals surface area contributed by atoms with Crippen molar-refractivity contribution >= 4 is 52.5 Å². The Morgan fingerprint density at radius 2 is 2.07 bits per heavy atom. The quantitative estimate of drug-likeness (QED) is 0.439. The number of hydrogen-bond donors (Lipinski definition) is 3. The number of benzene rings is 1. The van der Waals surface area contributed by atoms with Gasteiger partial charge in [-0.2, -0.15) is 0 Å². The smallest absolute Gasteiger partial charge is 0.386 e. The van der Waals surface area contributed by atoms with Gasteiger partial charge in [0, 0.05) is 9.37 Å². The number of aliphatic hydroxyl groups is 1. The summed E-state index contributed by atoms with van der Waals surface area (Å²) in [6.07, 6.45) is -2.74. The number of phosphoric ester groups is 1. The number of nitrogen functional groups attached to an aromatic ring is 1. The molecule has 158 valence electrons. The molecule has 2 aromatic heterocycles. The van der Waals surface area contributed by atoms with Crippen molar-refractivity contribution < 1.29 is 28.3 Å². The van der Waals surface area contributed by atoms with Crippen LogP contribution in [-0.4, -0.2) is 54.4 Å². The fourth-order valence-electron chi connectivity index (χ4n) is 3.36. The highest BCUT2D eigenvalue weighted by atomic mass is 79.9. The number of aliphatic hydroxyl groups excluding tert-OH is 1. The van der Waals surface area contributed by atoms with Crippen LogP contribution >= 0.6 is 35.5 Å². The molecule has 3 aromatic rings. The van der Waals surface area contributed by atoms with Crippen molar-refractivity contribution in [3.8, 4) is 0 Å². The van der Waals surface area contributed by atoms with E-state index in [-0.39, 0.29) is 12.4 Å². The van der Waals surface area contributed by atoms with E-state index in [1.807, 2.05) is 24.3 Å². The first-order chi connectivity index (χ1) is 14.3. The Hall–Kier alpha value is -1.57. The fourth-order valence-corrected chi connectivity index (χ4v) is 5.50. The van der Waals surface area contributed by atoms with Crippen LogP contribution in [0.25, 0.3) is 11.2 Å². The van der Waals surface area contributed by atoms with E-state index < -0.39 is 32.4 Å². The number of fused-ring (bicyclic) bond motifs is 2. The lowest BCUT2D eigenvalue weighted by atomic mass is 10.1. The summed E-state index contributed by atoms with van der Waals surface area (Å²) in [6, 6.07) is 7.59. The van der Waals surface area contributed by atoms with Crippen LogP contribution in [-0.2, 0) is 18.3 Å². The highest BCUT2D eigenvalue weighted by Crippen LogP contribution is 2.53. The Labute approximate surface area is 182 Å².